The molecule has 0 aliphatic heterocycles. The van der Waals surface area contributed by atoms with Gasteiger partial charge in [0.25, 0.3) is 0 Å². The largest absolute Gasteiger partial charge is 0.330 e. The second-order valence-corrected chi connectivity index (χ2v) is 4.07. The van der Waals surface area contributed by atoms with Gasteiger partial charge in [0.2, 0.25) is 0 Å². The maximum Gasteiger partial charge on any atom is 0.0520 e. The monoisotopic (exact) mass is 201 g/mol. The van der Waals surface area contributed by atoms with Crippen molar-refractivity contribution in [2.45, 2.75) is 64.0 Å². The lowest BCUT2D eigenvalue weighted by molar-refractivity contribution is 0.532. The highest BCUT2D eigenvalue weighted by molar-refractivity contribution is 4.52. The fraction of sp³-hybridized carbons (Fsp3) is 1.00. The summed E-state index contributed by atoms with van der Waals surface area (Å²) in [5, 5.41) is 0. The smallest absolute Gasteiger partial charge is 0.0520 e. The second kappa shape index (κ2) is 11.0. The van der Waals surface area contributed by atoms with Crippen molar-refractivity contribution in [1.29, 1.82) is 0 Å². The van der Waals surface area contributed by atoms with E-state index in [0.29, 0.717) is 0 Å². The van der Waals surface area contributed by atoms with Crippen LogP contribution in [0.1, 0.15) is 57.8 Å². The summed E-state index contributed by atoms with van der Waals surface area (Å²) in [4.78, 5) is 0. The summed E-state index contributed by atoms with van der Waals surface area (Å²) >= 11 is 0. The molecule has 14 heavy (non-hydrogen) atoms. The average Bonchev–Trinajstić information content (AvgIpc) is 2.15. The molecule has 0 radical (unpaired) electrons. The molecule has 0 aromatic rings. The van der Waals surface area contributed by atoms with Crippen LogP contribution in [0.5, 0.6) is 0 Å². The minimum absolute atomic E-state index is 0.112. The van der Waals surface area contributed by atoms with E-state index in [2.05, 4.69) is 0 Å². The third kappa shape index (κ3) is 11.9. The summed E-state index contributed by atoms with van der Waals surface area (Å²) in [7, 11) is 0. The Hall–Kier alpha value is -0.120. The minimum Gasteiger partial charge on any atom is -0.330 e. The Morgan fingerprint density at radius 3 is 1.50 bits per heavy atom. The fourth-order valence-corrected chi connectivity index (χ4v) is 1.59. The van der Waals surface area contributed by atoms with Gasteiger partial charge in [-0.1, -0.05) is 44.9 Å². The molecule has 0 aromatic heterocycles. The van der Waals surface area contributed by atoms with E-state index < -0.39 is 0 Å². The average molecular weight is 201 g/mol. The Labute approximate surface area is 88.4 Å². The van der Waals surface area contributed by atoms with Gasteiger partial charge in [-0.05, 0) is 19.4 Å². The Balaban J connectivity index is 2.85. The van der Waals surface area contributed by atoms with Gasteiger partial charge in [0.05, 0.1) is 6.17 Å². The predicted octanol–water partition coefficient (Wildman–Crippen LogP) is 1.70. The van der Waals surface area contributed by atoms with Crippen molar-refractivity contribution >= 4 is 0 Å². The minimum atomic E-state index is -0.112. The highest BCUT2D eigenvalue weighted by atomic mass is 14.8. The van der Waals surface area contributed by atoms with Gasteiger partial charge in [0.1, 0.15) is 0 Å². The Morgan fingerprint density at radius 1 is 0.643 bits per heavy atom. The fourth-order valence-electron chi connectivity index (χ4n) is 1.59. The van der Waals surface area contributed by atoms with Crippen LogP contribution in [-0.4, -0.2) is 12.7 Å². The van der Waals surface area contributed by atoms with Gasteiger partial charge in [0.15, 0.2) is 0 Å². The molecule has 0 saturated carbocycles. The molecule has 0 heterocycles. The summed E-state index contributed by atoms with van der Waals surface area (Å²) in [6.07, 6.45) is 11.2. The van der Waals surface area contributed by atoms with Crippen molar-refractivity contribution in [1.82, 2.24) is 0 Å². The highest BCUT2D eigenvalue weighted by Gasteiger charge is 1.94. The van der Waals surface area contributed by atoms with E-state index in [-0.39, 0.29) is 6.17 Å². The summed E-state index contributed by atoms with van der Waals surface area (Å²) in [6.45, 7) is 0.842. The number of rotatable bonds is 10. The van der Waals surface area contributed by atoms with Crippen LogP contribution in [0.15, 0.2) is 0 Å². The van der Waals surface area contributed by atoms with Crippen molar-refractivity contribution in [3.05, 3.63) is 0 Å². The SMILES string of the molecule is NCCCCCCCCCCC(N)N. The zero-order valence-electron chi connectivity index (χ0n) is 9.38. The third-order valence-corrected chi connectivity index (χ3v) is 2.49. The van der Waals surface area contributed by atoms with Crippen LogP contribution in [-0.2, 0) is 0 Å². The predicted molar refractivity (Wildman–Crippen MR) is 62.8 cm³/mol. The normalized spacial score (nSPS) is 11.1. The first-order valence-electron chi connectivity index (χ1n) is 5.98. The van der Waals surface area contributed by atoms with Crippen LogP contribution in [0.25, 0.3) is 0 Å². The first-order chi connectivity index (χ1) is 6.77. The van der Waals surface area contributed by atoms with E-state index in [1.54, 1.807) is 0 Å². The van der Waals surface area contributed by atoms with Crippen molar-refractivity contribution in [3.63, 3.8) is 0 Å². The zero-order chi connectivity index (χ0) is 10.6. The van der Waals surface area contributed by atoms with Gasteiger partial charge in [-0.15, -0.1) is 0 Å². The first kappa shape index (κ1) is 13.9. The Morgan fingerprint density at radius 2 is 1.07 bits per heavy atom. The maximum atomic E-state index is 5.45. The number of unbranched alkanes of at least 4 members (excludes halogenated alkanes) is 7. The van der Waals surface area contributed by atoms with Crippen LogP contribution in [0.2, 0.25) is 0 Å². The molecule has 0 aliphatic rings. The lowest BCUT2D eigenvalue weighted by Crippen LogP contribution is -2.29. The highest BCUT2D eigenvalue weighted by Crippen LogP contribution is 2.09. The van der Waals surface area contributed by atoms with Crippen LogP contribution in [0.4, 0.5) is 0 Å². The van der Waals surface area contributed by atoms with Crippen LogP contribution in [0.3, 0.4) is 0 Å². The molecule has 0 amide bonds. The Bertz CT molecular complexity index is 105. The quantitative estimate of drug-likeness (QED) is 0.372. The maximum absolute atomic E-state index is 5.45. The van der Waals surface area contributed by atoms with Gasteiger partial charge < -0.3 is 17.2 Å². The van der Waals surface area contributed by atoms with E-state index in [1.165, 1.54) is 51.4 Å². The molecular formula is C11H27N3. The van der Waals surface area contributed by atoms with E-state index in [0.717, 1.165) is 13.0 Å². The first-order valence-corrected chi connectivity index (χ1v) is 5.98. The molecule has 0 atom stereocenters. The van der Waals surface area contributed by atoms with Crippen LogP contribution < -0.4 is 17.2 Å². The lowest BCUT2D eigenvalue weighted by Gasteiger charge is -2.04. The molecular weight excluding hydrogens is 174 g/mol. The number of nitrogens with two attached hydrogens (primary N) is 3. The van der Waals surface area contributed by atoms with Gasteiger partial charge in [0, 0.05) is 0 Å². The summed E-state index contributed by atoms with van der Waals surface area (Å²) < 4.78 is 0. The molecule has 86 valence electrons. The zero-order valence-corrected chi connectivity index (χ0v) is 9.38. The molecule has 0 fully saturated rings. The summed E-state index contributed by atoms with van der Waals surface area (Å²) in [5.74, 6) is 0. The molecule has 0 aromatic carbocycles. The van der Waals surface area contributed by atoms with Crippen LogP contribution >= 0.6 is 0 Å². The van der Waals surface area contributed by atoms with E-state index >= 15 is 0 Å². The second-order valence-electron chi connectivity index (χ2n) is 4.07. The lowest BCUT2D eigenvalue weighted by atomic mass is 10.1. The third-order valence-electron chi connectivity index (χ3n) is 2.49. The molecule has 0 bridgehead atoms. The molecule has 0 spiro atoms. The molecule has 0 rings (SSSR count). The van der Waals surface area contributed by atoms with Crippen molar-refractivity contribution in [3.8, 4) is 0 Å². The van der Waals surface area contributed by atoms with Crippen LogP contribution in [0, 0.1) is 0 Å². The molecule has 6 N–H and O–H groups in total. The van der Waals surface area contributed by atoms with Crippen molar-refractivity contribution < 1.29 is 0 Å². The van der Waals surface area contributed by atoms with E-state index in [1.807, 2.05) is 0 Å². The molecule has 3 nitrogen and oxygen atoms in total. The van der Waals surface area contributed by atoms with Gasteiger partial charge >= 0.3 is 0 Å². The van der Waals surface area contributed by atoms with E-state index in [9.17, 15) is 0 Å². The van der Waals surface area contributed by atoms with Crippen molar-refractivity contribution in [2.24, 2.45) is 17.2 Å². The molecule has 0 unspecified atom stereocenters. The molecule has 0 aliphatic carbocycles. The molecule has 3 heteroatoms. The van der Waals surface area contributed by atoms with Gasteiger partial charge in [-0.25, -0.2) is 0 Å². The van der Waals surface area contributed by atoms with Crippen molar-refractivity contribution in [2.75, 3.05) is 6.54 Å². The summed E-state index contributed by atoms with van der Waals surface area (Å²) in [6, 6.07) is 0. The van der Waals surface area contributed by atoms with E-state index in [4.69, 9.17) is 17.2 Å². The molecule has 0 saturated heterocycles. The topological polar surface area (TPSA) is 78.1 Å². The number of hydrogen-bond acceptors (Lipinski definition) is 3. The number of hydrogen-bond donors (Lipinski definition) is 3. The Kier molecular flexibility index (Phi) is 10.9. The standard InChI is InChI=1S/C11H27N3/c12-10-8-6-4-2-1-3-5-7-9-11(13)14/h11H,1-10,12-14H2. The van der Waals surface area contributed by atoms with Gasteiger partial charge in [-0.3, -0.25) is 0 Å². The summed E-state index contributed by atoms with van der Waals surface area (Å²) in [5.41, 5.74) is 16.3. The van der Waals surface area contributed by atoms with Gasteiger partial charge in [-0.2, -0.15) is 0 Å².